The maximum atomic E-state index is 13.4. The van der Waals surface area contributed by atoms with Crippen molar-refractivity contribution < 1.29 is 18.5 Å². The molecule has 0 bridgehead atoms. The number of benzene rings is 1. The Morgan fingerprint density at radius 2 is 1.83 bits per heavy atom. The Balaban J connectivity index is 1.68. The van der Waals surface area contributed by atoms with Gasteiger partial charge in [-0.2, -0.15) is 0 Å². The Morgan fingerprint density at radius 1 is 1.17 bits per heavy atom. The molecule has 2 unspecified atom stereocenters. The Morgan fingerprint density at radius 3 is 2.44 bits per heavy atom. The summed E-state index contributed by atoms with van der Waals surface area (Å²) in [4.78, 5) is 32.6. The molecule has 0 spiro atoms. The van der Waals surface area contributed by atoms with Gasteiger partial charge in [-0.25, -0.2) is 18.5 Å². The third-order valence-electron chi connectivity index (χ3n) is 6.55. The molecule has 1 aromatic carbocycles. The number of piperidine rings is 1. The topological polar surface area (TPSA) is 124 Å². The van der Waals surface area contributed by atoms with E-state index in [4.69, 9.17) is 9.73 Å². The van der Waals surface area contributed by atoms with E-state index in [9.17, 15) is 13.8 Å². The number of ether oxygens (including phenoxy) is 1. The molecule has 228 valence electrons. The van der Waals surface area contributed by atoms with E-state index in [1.165, 1.54) is 0 Å². The van der Waals surface area contributed by atoms with Gasteiger partial charge in [0.05, 0.1) is 18.2 Å². The van der Waals surface area contributed by atoms with Crippen LogP contribution in [0.25, 0.3) is 0 Å². The summed E-state index contributed by atoms with van der Waals surface area (Å²) in [7, 11) is -2.80. The summed E-state index contributed by atoms with van der Waals surface area (Å²) in [5, 5.41) is 9.83. The number of nitrogens with zero attached hydrogens (tertiary/aromatic N) is 2. The average Bonchev–Trinajstić information content (AvgIpc) is 2.87. The van der Waals surface area contributed by atoms with E-state index in [2.05, 4.69) is 38.0 Å². The van der Waals surface area contributed by atoms with Crippen molar-refractivity contribution in [1.29, 1.82) is 0 Å². The molecule has 0 radical (unpaired) electrons. The predicted octanol–water partition coefficient (Wildman–Crippen LogP) is 3.85. The lowest BCUT2D eigenvalue weighted by Gasteiger charge is -2.38. The Labute approximate surface area is 249 Å². The second-order valence-corrected chi connectivity index (χ2v) is 15.0. The number of amidine groups is 1. The second kappa shape index (κ2) is 14.5. The van der Waals surface area contributed by atoms with E-state index in [0.29, 0.717) is 23.6 Å². The molecule has 12 heteroatoms. The van der Waals surface area contributed by atoms with Gasteiger partial charge in [-0.3, -0.25) is 4.99 Å². The summed E-state index contributed by atoms with van der Waals surface area (Å²) in [6, 6.07) is 8.84. The van der Waals surface area contributed by atoms with Gasteiger partial charge in [0, 0.05) is 58.0 Å². The SMILES string of the molecule is C=C(C[C@H]1N=C(N2CCC(NC(=O)OC(C)C)CC2)SCC1NC(=O)NCc1ccccc1)S(=C)(=O)NC(C)(C)C. The summed E-state index contributed by atoms with van der Waals surface area (Å²) in [5.41, 5.74) is 0.597. The largest absolute Gasteiger partial charge is 0.447 e. The lowest BCUT2D eigenvalue weighted by Crippen LogP contribution is -2.53. The number of thioether (sulfide) groups is 1. The minimum atomic E-state index is -2.80. The van der Waals surface area contributed by atoms with Gasteiger partial charge in [0.2, 0.25) is 0 Å². The highest BCUT2D eigenvalue weighted by atomic mass is 32.2. The first kappa shape index (κ1) is 32.8. The fourth-order valence-electron chi connectivity index (χ4n) is 4.61. The standard InChI is InChI=1S/C29H46N6O4S2/c1-20(2)39-28(37)31-23-13-15-35(16-14-23)27-33-24(17-21(3)41(7,38)34-29(4,5)6)25(19-40-27)32-26(36)30-18-22-11-9-8-10-12-22/h8-12,20,23-25H,3,7,13-19H2,1-2,4-6H3,(H,31,37)(H,34,38)(H2,30,32,36)/t24-,25?,41?/m1/s1. The molecule has 1 aromatic rings. The highest BCUT2D eigenvalue weighted by Gasteiger charge is 2.33. The van der Waals surface area contributed by atoms with Crippen molar-refractivity contribution in [3.05, 3.63) is 47.4 Å². The molecule has 41 heavy (non-hydrogen) atoms. The first-order chi connectivity index (χ1) is 19.2. The van der Waals surface area contributed by atoms with Crippen LogP contribution in [0.1, 0.15) is 59.4 Å². The number of hydrogen-bond donors (Lipinski definition) is 4. The number of carbonyl (C=O) groups excluding carboxylic acids is 2. The first-order valence-corrected chi connectivity index (χ1v) is 16.8. The molecule has 3 amide bonds. The van der Waals surface area contributed by atoms with E-state index in [1.807, 2.05) is 65.0 Å². The third-order valence-corrected chi connectivity index (χ3v) is 9.74. The third kappa shape index (κ3) is 10.9. The van der Waals surface area contributed by atoms with Gasteiger partial charge in [0.1, 0.15) is 0 Å². The summed E-state index contributed by atoms with van der Waals surface area (Å²) < 4.78 is 21.7. The van der Waals surface area contributed by atoms with Crippen molar-refractivity contribution in [3.63, 3.8) is 0 Å². The van der Waals surface area contributed by atoms with Gasteiger partial charge >= 0.3 is 12.1 Å². The molecule has 3 atom stereocenters. The zero-order valence-electron chi connectivity index (χ0n) is 24.9. The van der Waals surface area contributed by atoms with Gasteiger partial charge in [-0.1, -0.05) is 48.7 Å². The first-order valence-electron chi connectivity index (χ1n) is 14.1. The summed E-state index contributed by atoms with van der Waals surface area (Å²) in [6.45, 7) is 15.4. The molecule has 0 aliphatic carbocycles. The Hall–Kier alpha value is -2.70. The maximum Gasteiger partial charge on any atom is 0.407 e. The minimum Gasteiger partial charge on any atom is -0.447 e. The van der Waals surface area contributed by atoms with Gasteiger partial charge in [-0.15, -0.1) is 0 Å². The molecule has 1 saturated heterocycles. The number of rotatable bonds is 9. The maximum absolute atomic E-state index is 13.4. The number of nitrogens with one attached hydrogen (secondary N) is 4. The van der Waals surface area contributed by atoms with Crippen molar-refractivity contribution in [1.82, 2.24) is 25.6 Å². The van der Waals surface area contributed by atoms with Crippen LogP contribution in [-0.4, -0.2) is 80.9 Å². The van der Waals surface area contributed by atoms with Gasteiger partial charge in [0.25, 0.3) is 0 Å². The number of aliphatic imine (C=N–C) groups is 1. The molecular formula is C29H46N6O4S2. The Kier molecular flexibility index (Phi) is 11.6. The molecule has 0 saturated carbocycles. The number of hydrogen-bond acceptors (Lipinski definition) is 7. The number of likely N-dealkylation sites (tertiary alicyclic amines) is 1. The molecule has 4 N–H and O–H groups in total. The highest BCUT2D eigenvalue weighted by Crippen LogP contribution is 2.28. The zero-order valence-corrected chi connectivity index (χ0v) is 26.5. The van der Waals surface area contributed by atoms with Crippen LogP contribution in [0.4, 0.5) is 9.59 Å². The number of carbonyl (C=O) groups is 2. The second-order valence-electron chi connectivity index (χ2n) is 11.8. The monoisotopic (exact) mass is 606 g/mol. The van der Waals surface area contributed by atoms with E-state index in [0.717, 1.165) is 36.7 Å². The van der Waals surface area contributed by atoms with Crippen LogP contribution in [0.15, 0.2) is 46.8 Å². The van der Waals surface area contributed by atoms with Crippen LogP contribution in [0.3, 0.4) is 0 Å². The quantitative estimate of drug-likeness (QED) is 0.317. The molecule has 2 aliphatic heterocycles. The number of amides is 3. The lowest BCUT2D eigenvalue weighted by atomic mass is 10.1. The molecule has 1 fully saturated rings. The predicted molar refractivity (Wildman–Crippen MR) is 171 cm³/mol. The average molecular weight is 607 g/mol. The fraction of sp³-hybridized carbons (Fsp3) is 0.586. The van der Waals surface area contributed by atoms with E-state index < -0.39 is 15.2 Å². The number of urea groups is 1. The van der Waals surface area contributed by atoms with Crippen LogP contribution in [0.2, 0.25) is 0 Å². The van der Waals surface area contributed by atoms with Gasteiger partial charge in [-0.05, 0) is 58.9 Å². The molecular weight excluding hydrogens is 560 g/mol. The lowest BCUT2D eigenvalue weighted by molar-refractivity contribution is 0.109. The fourth-order valence-corrected chi connectivity index (χ4v) is 7.39. The van der Waals surface area contributed by atoms with Crippen molar-refractivity contribution in [2.75, 3.05) is 18.8 Å². The van der Waals surface area contributed by atoms with Crippen molar-refractivity contribution in [3.8, 4) is 0 Å². The summed E-state index contributed by atoms with van der Waals surface area (Å²) in [6.07, 6.45) is 1.31. The molecule has 3 rings (SSSR count). The highest BCUT2D eigenvalue weighted by molar-refractivity contribution is 8.13. The molecule has 0 aromatic heterocycles. The van der Waals surface area contributed by atoms with Gasteiger partial charge in [0.15, 0.2) is 5.17 Å². The zero-order chi connectivity index (χ0) is 30.2. The van der Waals surface area contributed by atoms with Crippen molar-refractivity contribution >= 4 is 44.6 Å². The Bertz CT molecular complexity index is 1190. The van der Waals surface area contributed by atoms with E-state index in [-0.39, 0.29) is 36.4 Å². The number of alkyl carbamates (subject to hydrolysis) is 1. The summed E-state index contributed by atoms with van der Waals surface area (Å²) >= 11 is 1.60. The van der Waals surface area contributed by atoms with Crippen LogP contribution in [0, 0.1) is 0 Å². The van der Waals surface area contributed by atoms with Crippen molar-refractivity contribution in [2.45, 2.75) is 90.2 Å². The molecule has 2 aliphatic rings. The van der Waals surface area contributed by atoms with E-state index in [1.54, 1.807) is 11.8 Å². The van der Waals surface area contributed by atoms with Crippen LogP contribution < -0.4 is 20.7 Å². The van der Waals surface area contributed by atoms with Crippen LogP contribution >= 0.6 is 11.8 Å². The van der Waals surface area contributed by atoms with E-state index >= 15 is 0 Å². The van der Waals surface area contributed by atoms with Crippen LogP contribution in [-0.2, 0) is 21.0 Å². The smallest absolute Gasteiger partial charge is 0.407 e. The van der Waals surface area contributed by atoms with Gasteiger partial charge < -0.3 is 25.6 Å². The minimum absolute atomic E-state index is 0.0457. The van der Waals surface area contributed by atoms with Crippen LogP contribution in [0.5, 0.6) is 0 Å². The molecule has 2 heterocycles. The normalized spacial score (nSPS) is 21.4. The molecule has 10 nitrogen and oxygen atoms in total. The summed E-state index contributed by atoms with van der Waals surface area (Å²) in [5.74, 6) is 4.55. The van der Waals surface area contributed by atoms with Crippen molar-refractivity contribution in [2.24, 2.45) is 4.99 Å².